The second-order valence-electron chi connectivity index (χ2n) is 5.15. The molecule has 1 aliphatic heterocycles. The van der Waals surface area contributed by atoms with Gasteiger partial charge in [-0.1, -0.05) is 13.3 Å². The van der Waals surface area contributed by atoms with E-state index in [0.29, 0.717) is 6.04 Å². The molecule has 1 saturated heterocycles. The van der Waals surface area contributed by atoms with E-state index in [1.165, 1.54) is 25.8 Å². The fraction of sp³-hybridized carbons (Fsp3) is 0.769. The number of likely N-dealkylation sites (tertiary alicyclic amines) is 1. The predicted octanol–water partition coefficient (Wildman–Crippen LogP) is 2.11. The lowest BCUT2D eigenvalue weighted by atomic mass is 10.3. The standard InChI is InChI=1S/C13H24N4/c1-4-5-7-17-9-11(2)14-13(17)15-12-6-8-16(3)10-12/h9,12H,4-8,10H2,1-3H3,(H,14,15). The topological polar surface area (TPSA) is 33.1 Å². The Hall–Kier alpha value is -1.03. The molecule has 0 spiro atoms. The van der Waals surface area contributed by atoms with E-state index in [9.17, 15) is 0 Å². The molecule has 1 aromatic rings. The molecule has 1 aliphatic rings. The lowest BCUT2D eigenvalue weighted by Gasteiger charge is -2.15. The molecule has 1 N–H and O–H groups in total. The first-order valence-corrected chi connectivity index (χ1v) is 6.68. The van der Waals surface area contributed by atoms with Gasteiger partial charge in [0.05, 0.1) is 5.69 Å². The van der Waals surface area contributed by atoms with Gasteiger partial charge in [0, 0.05) is 25.3 Å². The molecule has 0 bridgehead atoms. The van der Waals surface area contributed by atoms with Gasteiger partial charge in [0.1, 0.15) is 0 Å². The number of unbranched alkanes of at least 4 members (excludes halogenated alkanes) is 1. The average Bonchev–Trinajstić information content (AvgIpc) is 2.83. The molecule has 0 aromatic carbocycles. The van der Waals surface area contributed by atoms with Crippen molar-refractivity contribution in [3.63, 3.8) is 0 Å². The maximum Gasteiger partial charge on any atom is 0.203 e. The molecule has 0 aliphatic carbocycles. The Morgan fingerprint density at radius 3 is 3.00 bits per heavy atom. The summed E-state index contributed by atoms with van der Waals surface area (Å²) in [6, 6.07) is 0.558. The number of hydrogen-bond acceptors (Lipinski definition) is 3. The summed E-state index contributed by atoms with van der Waals surface area (Å²) >= 11 is 0. The molecule has 0 saturated carbocycles. The Labute approximate surface area is 104 Å². The van der Waals surface area contributed by atoms with Crippen LogP contribution in [0.5, 0.6) is 0 Å². The van der Waals surface area contributed by atoms with Crippen molar-refractivity contribution in [2.24, 2.45) is 0 Å². The highest BCUT2D eigenvalue weighted by Crippen LogP contribution is 2.15. The van der Waals surface area contributed by atoms with Crippen molar-refractivity contribution in [1.82, 2.24) is 14.5 Å². The van der Waals surface area contributed by atoms with E-state index in [2.05, 4.69) is 46.9 Å². The SMILES string of the molecule is CCCCn1cc(C)nc1NC1CCN(C)C1. The van der Waals surface area contributed by atoms with Gasteiger partial charge in [-0.25, -0.2) is 4.98 Å². The zero-order valence-electron chi connectivity index (χ0n) is 11.2. The van der Waals surface area contributed by atoms with Gasteiger partial charge in [0.15, 0.2) is 0 Å². The van der Waals surface area contributed by atoms with Crippen LogP contribution in [0.25, 0.3) is 0 Å². The minimum atomic E-state index is 0.558. The van der Waals surface area contributed by atoms with Gasteiger partial charge >= 0.3 is 0 Å². The Morgan fingerprint density at radius 1 is 1.53 bits per heavy atom. The first-order chi connectivity index (χ1) is 8.19. The van der Waals surface area contributed by atoms with Gasteiger partial charge in [0.2, 0.25) is 5.95 Å². The van der Waals surface area contributed by atoms with Crippen LogP contribution in [-0.4, -0.2) is 40.6 Å². The summed E-state index contributed by atoms with van der Waals surface area (Å²) in [4.78, 5) is 6.95. The van der Waals surface area contributed by atoms with Crippen LogP contribution < -0.4 is 5.32 Å². The molecule has 96 valence electrons. The molecule has 2 rings (SSSR count). The highest BCUT2D eigenvalue weighted by Gasteiger charge is 2.20. The summed E-state index contributed by atoms with van der Waals surface area (Å²) in [7, 11) is 2.18. The number of hydrogen-bond donors (Lipinski definition) is 1. The van der Waals surface area contributed by atoms with Crippen molar-refractivity contribution < 1.29 is 0 Å². The smallest absolute Gasteiger partial charge is 0.203 e. The third kappa shape index (κ3) is 3.22. The number of anilines is 1. The quantitative estimate of drug-likeness (QED) is 0.850. The van der Waals surface area contributed by atoms with Gasteiger partial charge in [0.25, 0.3) is 0 Å². The maximum absolute atomic E-state index is 4.59. The van der Waals surface area contributed by atoms with Gasteiger partial charge in [-0.15, -0.1) is 0 Å². The molecular formula is C13H24N4. The fourth-order valence-corrected chi connectivity index (χ4v) is 2.40. The van der Waals surface area contributed by atoms with Crippen LogP contribution in [0.4, 0.5) is 5.95 Å². The number of rotatable bonds is 5. The van der Waals surface area contributed by atoms with Gasteiger partial charge < -0.3 is 14.8 Å². The molecule has 1 atom stereocenters. The number of likely N-dealkylation sites (N-methyl/N-ethyl adjacent to an activating group) is 1. The van der Waals surface area contributed by atoms with Crippen LogP contribution in [0.3, 0.4) is 0 Å². The van der Waals surface area contributed by atoms with Crippen molar-refractivity contribution >= 4 is 5.95 Å². The first kappa shape index (κ1) is 12.4. The number of aromatic nitrogens is 2. The van der Waals surface area contributed by atoms with E-state index in [4.69, 9.17) is 0 Å². The average molecular weight is 236 g/mol. The minimum absolute atomic E-state index is 0.558. The van der Waals surface area contributed by atoms with Crippen molar-refractivity contribution in [3.8, 4) is 0 Å². The molecule has 17 heavy (non-hydrogen) atoms. The number of nitrogens with zero attached hydrogens (tertiary/aromatic N) is 3. The molecule has 0 amide bonds. The van der Waals surface area contributed by atoms with E-state index < -0.39 is 0 Å². The molecule has 4 heteroatoms. The number of nitrogens with one attached hydrogen (secondary N) is 1. The Kier molecular flexibility index (Phi) is 4.05. The summed E-state index contributed by atoms with van der Waals surface area (Å²) in [5, 5.41) is 3.58. The van der Waals surface area contributed by atoms with E-state index >= 15 is 0 Å². The van der Waals surface area contributed by atoms with Crippen LogP contribution in [0, 0.1) is 6.92 Å². The van der Waals surface area contributed by atoms with Crippen molar-refractivity contribution in [2.75, 3.05) is 25.5 Å². The number of aryl methyl sites for hydroxylation is 2. The third-order valence-corrected chi connectivity index (χ3v) is 3.37. The van der Waals surface area contributed by atoms with Crippen LogP contribution in [0.1, 0.15) is 31.9 Å². The lowest BCUT2D eigenvalue weighted by molar-refractivity contribution is 0.413. The first-order valence-electron chi connectivity index (χ1n) is 6.68. The molecule has 1 unspecified atom stereocenters. The van der Waals surface area contributed by atoms with Crippen LogP contribution in [0.2, 0.25) is 0 Å². The van der Waals surface area contributed by atoms with Crippen molar-refractivity contribution in [3.05, 3.63) is 11.9 Å². The second kappa shape index (κ2) is 5.54. The van der Waals surface area contributed by atoms with Gasteiger partial charge in [-0.2, -0.15) is 0 Å². The summed E-state index contributed by atoms with van der Waals surface area (Å²) in [5.41, 5.74) is 1.11. The molecule has 1 fully saturated rings. The monoisotopic (exact) mass is 236 g/mol. The van der Waals surface area contributed by atoms with Gasteiger partial charge in [-0.3, -0.25) is 0 Å². The third-order valence-electron chi connectivity index (χ3n) is 3.37. The summed E-state index contributed by atoms with van der Waals surface area (Å²) in [5.74, 6) is 1.05. The van der Waals surface area contributed by atoms with Gasteiger partial charge in [-0.05, 0) is 33.4 Å². The number of imidazole rings is 1. The fourth-order valence-electron chi connectivity index (χ4n) is 2.40. The largest absolute Gasteiger partial charge is 0.352 e. The zero-order chi connectivity index (χ0) is 12.3. The predicted molar refractivity (Wildman–Crippen MR) is 71.4 cm³/mol. The van der Waals surface area contributed by atoms with Crippen LogP contribution in [0.15, 0.2) is 6.20 Å². The highest BCUT2D eigenvalue weighted by molar-refractivity contribution is 5.30. The van der Waals surface area contributed by atoms with E-state index in [1.807, 2.05) is 0 Å². The van der Waals surface area contributed by atoms with E-state index in [-0.39, 0.29) is 0 Å². The van der Waals surface area contributed by atoms with Crippen molar-refractivity contribution in [1.29, 1.82) is 0 Å². The Morgan fingerprint density at radius 2 is 2.35 bits per heavy atom. The molecule has 2 heterocycles. The van der Waals surface area contributed by atoms with E-state index in [1.54, 1.807) is 0 Å². The molecule has 0 radical (unpaired) electrons. The van der Waals surface area contributed by atoms with Crippen LogP contribution in [-0.2, 0) is 6.54 Å². The van der Waals surface area contributed by atoms with Crippen molar-refractivity contribution in [2.45, 2.75) is 45.7 Å². The Bertz CT molecular complexity index is 358. The Balaban J connectivity index is 1.99. The molecule has 4 nitrogen and oxygen atoms in total. The lowest BCUT2D eigenvalue weighted by Crippen LogP contribution is -2.25. The van der Waals surface area contributed by atoms with Crippen LogP contribution >= 0.6 is 0 Å². The molecular weight excluding hydrogens is 212 g/mol. The molecule has 1 aromatic heterocycles. The normalized spacial score (nSPS) is 21.0. The zero-order valence-corrected chi connectivity index (χ0v) is 11.2. The summed E-state index contributed by atoms with van der Waals surface area (Å²) in [6.07, 6.45) is 5.81. The maximum atomic E-state index is 4.59. The second-order valence-corrected chi connectivity index (χ2v) is 5.15. The van der Waals surface area contributed by atoms with E-state index in [0.717, 1.165) is 24.7 Å². The minimum Gasteiger partial charge on any atom is -0.352 e. The summed E-state index contributed by atoms with van der Waals surface area (Å²) < 4.78 is 2.26. The highest BCUT2D eigenvalue weighted by atomic mass is 15.2. The summed E-state index contributed by atoms with van der Waals surface area (Å²) in [6.45, 7) is 7.67.